The van der Waals surface area contributed by atoms with Gasteiger partial charge < -0.3 is 14.7 Å². The third-order valence-corrected chi connectivity index (χ3v) is 6.89. The van der Waals surface area contributed by atoms with E-state index in [1.807, 2.05) is 0 Å². The molecule has 0 bridgehead atoms. The van der Waals surface area contributed by atoms with E-state index in [4.69, 9.17) is 14.7 Å². The van der Waals surface area contributed by atoms with Crippen molar-refractivity contribution >= 4 is 67.3 Å². The molecule has 0 aliphatic heterocycles. The quantitative estimate of drug-likeness (QED) is 0.392. The van der Waals surface area contributed by atoms with Gasteiger partial charge in [0, 0.05) is 0 Å². The van der Waals surface area contributed by atoms with E-state index in [1.165, 1.54) is 0 Å². The van der Waals surface area contributed by atoms with Crippen molar-refractivity contribution in [1.82, 2.24) is 0 Å². The van der Waals surface area contributed by atoms with Crippen LogP contribution in [0.1, 0.15) is 0 Å². The standard InChI is InChI=1S/H5O6P3S4/c1-7(2,3)5-8(4,10)6-9(11,12)13/h(H,4,10)(H2,1,2,3)(H2,11,12,13). The Hall–Kier alpha value is 2.03. The molecule has 0 aromatic rings. The predicted octanol–water partition coefficient (Wildman–Crippen LogP) is 1.41. The van der Waals surface area contributed by atoms with Crippen molar-refractivity contribution in [3.8, 4) is 0 Å². The van der Waals surface area contributed by atoms with Crippen molar-refractivity contribution in [3.05, 3.63) is 0 Å². The van der Waals surface area contributed by atoms with E-state index < -0.39 is 19.2 Å². The third-order valence-electron chi connectivity index (χ3n) is 0.419. The fourth-order valence-corrected chi connectivity index (χ4v) is 8.37. The molecule has 0 fully saturated rings. The molecule has 0 spiro atoms. The second-order valence-electron chi connectivity index (χ2n) is 1.61. The van der Waals surface area contributed by atoms with Gasteiger partial charge in [0.1, 0.15) is 0 Å². The van der Waals surface area contributed by atoms with Crippen molar-refractivity contribution < 1.29 is 27.9 Å². The number of rotatable bonds is 4. The van der Waals surface area contributed by atoms with Gasteiger partial charge in [0.15, 0.2) is 4.67 Å². The van der Waals surface area contributed by atoms with Crippen LogP contribution in [-0.4, -0.2) is 14.7 Å². The zero-order valence-electron chi connectivity index (χ0n) is 5.62. The Morgan fingerprint density at radius 3 is 1.69 bits per heavy atom. The van der Waals surface area contributed by atoms with Gasteiger partial charge in [-0.25, -0.2) is 8.88 Å². The lowest BCUT2D eigenvalue weighted by molar-refractivity contribution is 0.266. The molecule has 13 heteroatoms. The van der Waals surface area contributed by atoms with Gasteiger partial charge in [-0.15, -0.1) is 24.5 Å². The van der Waals surface area contributed by atoms with E-state index in [9.17, 15) is 4.57 Å². The summed E-state index contributed by atoms with van der Waals surface area (Å²) in [7, 11) is -4.90. The summed E-state index contributed by atoms with van der Waals surface area (Å²) >= 11 is 16.0. The maximum absolute atomic E-state index is 10.3. The van der Waals surface area contributed by atoms with Gasteiger partial charge in [-0.1, -0.05) is 0 Å². The van der Waals surface area contributed by atoms with Gasteiger partial charge in [0.2, 0.25) is 0 Å². The summed E-state index contributed by atoms with van der Waals surface area (Å²) < 4.78 is 15.5. The highest BCUT2D eigenvalue weighted by molar-refractivity contribution is 8.91. The van der Waals surface area contributed by atoms with Crippen LogP contribution in [0.3, 0.4) is 0 Å². The smallest absolute Gasteiger partial charge is 0.324 e. The Kier molecular flexibility index (Phi) is 5.67. The highest BCUT2D eigenvalue weighted by Gasteiger charge is 2.31. The first kappa shape index (κ1) is 15.0. The molecular formula is H5O6P3S4. The molecule has 0 saturated carbocycles. The molecule has 0 heterocycles. The van der Waals surface area contributed by atoms with Gasteiger partial charge in [-0.3, -0.25) is 4.31 Å². The van der Waals surface area contributed by atoms with Crippen LogP contribution in [0.25, 0.3) is 0 Å². The minimum absolute atomic E-state index is 2.92. The van der Waals surface area contributed by atoms with E-state index in [0.29, 0.717) is 0 Å². The normalized spacial score (nSPS) is 18.2. The summed E-state index contributed by atoms with van der Waals surface area (Å²) in [4.78, 5) is 25.6. The van der Waals surface area contributed by atoms with Crippen LogP contribution in [0.5, 0.6) is 0 Å². The number of thiol groups is 2. The number of hydrogen-bond donors (Lipinski definition) is 5. The molecule has 0 rings (SSSR count). The first-order valence-corrected chi connectivity index (χ1v) is 11.4. The van der Waals surface area contributed by atoms with E-state index in [1.54, 1.807) is 0 Å². The Balaban J connectivity index is 4.54. The molecular weight excluding hydrogens is 317 g/mol. The molecule has 0 radical (unpaired) electrons. The van der Waals surface area contributed by atoms with E-state index in [-0.39, 0.29) is 0 Å². The van der Waals surface area contributed by atoms with Crippen LogP contribution in [-0.2, 0) is 36.8 Å². The molecule has 80 valence electrons. The van der Waals surface area contributed by atoms with Crippen molar-refractivity contribution in [2.75, 3.05) is 0 Å². The van der Waals surface area contributed by atoms with Crippen LogP contribution < -0.4 is 0 Å². The minimum Gasteiger partial charge on any atom is -0.324 e. The summed E-state index contributed by atoms with van der Waals surface area (Å²) in [6.45, 7) is -4.07. The van der Waals surface area contributed by atoms with Gasteiger partial charge >= 0.3 is 14.5 Å². The van der Waals surface area contributed by atoms with Gasteiger partial charge in [-0.2, -0.15) is 0 Å². The van der Waals surface area contributed by atoms with Crippen LogP contribution in [0.4, 0.5) is 0 Å². The van der Waals surface area contributed by atoms with Crippen molar-refractivity contribution in [2.24, 2.45) is 0 Å². The highest BCUT2D eigenvalue weighted by Crippen LogP contribution is 2.71. The zero-order valence-corrected chi connectivity index (χ0v) is 11.7. The van der Waals surface area contributed by atoms with Gasteiger partial charge in [0.25, 0.3) is 0 Å². The topological polar surface area (TPSA) is 96.2 Å². The van der Waals surface area contributed by atoms with E-state index >= 15 is 0 Å². The van der Waals surface area contributed by atoms with Crippen LogP contribution in [0, 0.1) is 0 Å². The molecule has 0 amide bonds. The Morgan fingerprint density at radius 2 is 1.46 bits per heavy atom. The van der Waals surface area contributed by atoms with E-state index in [2.05, 4.69) is 56.7 Å². The fourth-order valence-electron chi connectivity index (χ4n) is 0.284. The zero-order chi connectivity index (χ0) is 10.9. The van der Waals surface area contributed by atoms with Gasteiger partial charge in [-0.05, 0) is 23.6 Å². The van der Waals surface area contributed by atoms with Crippen molar-refractivity contribution in [1.29, 1.82) is 0 Å². The third kappa shape index (κ3) is 10.3. The van der Waals surface area contributed by atoms with Gasteiger partial charge in [0.05, 0.1) is 0 Å². The highest BCUT2D eigenvalue weighted by atomic mass is 33.2. The monoisotopic (exact) mass is 322 g/mol. The first-order valence-electron chi connectivity index (χ1n) is 2.28. The summed E-state index contributed by atoms with van der Waals surface area (Å²) in [5.41, 5.74) is 0. The van der Waals surface area contributed by atoms with Crippen LogP contribution in [0.2, 0.25) is 0 Å². The minimum atomic E-state index is -4.90. The SMILES string of the molecule is O=P(O)(O)OP(O)(=S)OP(=S)(S)S. The molecule has 0 aromatic heterocycles. The first-order chi connectivity index (χ1) is 5.41. The molecule has 1 atom stereocenters. The Bertz CT molecular complexity index is 282. The van der Waals surface area contributed by atoms with Crippen LogP contribution in [0.15, 0.2) is 0 Å². The summed E-state index contributed by atoms with van der Waals surface area (Å²) in [5.74, 6) is 0. The van der Waals surface area contributed by atoms with Crippen LogP contribution >= 0.6 is 43.7 Å². The largest absolute Gasteiger partial charge is 0.476 e. The Labute approximate surface area is 94.9 Å². The Morgan fingerprint density at radius 1 is 1.08 bits per heavy atom. The molecule has 3 N–H and O–H groups in total. The molecule has 0 aromatic carbocycles. The summed E-state index contributed by atoms with van der Waals surface area (Å²) in [6.07, 6.45) is 0. The second kappa shape index (κ2) is 4.91. The average molecular weight is 322 g/mol. The summed E-state index contributed by atoms with van der Waals surface area (Å²) in [6, 6.07) is 0. The lowest BCUT2D eigenvalue weighted by atomic mass is 15.7. The summed E-state index contributed by atoms with van der Waals surface area (Å²) in [5, 5.41) is 0. The molecule has 0 saturated heterocycles. The lowest BCUT2D eigenvalue weighted by Crippen LogP contribution is -1.88. The van der Waals surface area contributed by atoms with Crippen molar-refractivity contribution in [3.63, 3.8) is 0 Å². The number of phosphoric acid groups is 1. The lowest BCUT2D eigenvalue weighted by Gasteiger charge is -2.18. The fraction of sp³-hybridized carbons (Fsp3) is 0. The van der Waals surface area contributed by atoms with Crippen molar-refractivity contribution in [2.45, 2.75) is 0 Å². The molecule has 0 aliphatic rings. The molecule has 13 heavy (non-hydrogen) atoms. The average Bonchev–Trinajstić information content (AvgIpc) is 1.43. The predicted molar refractivity (Wildman–Crippen MR) is 63.0 cm³/mol. The maximum atomic E-state index is 10.3. The maximum Gasteiger partial charge on any atom is 0.476 e. The van der Waals surface area contributed by atoms with E-state index in [0.717, 1.165) is 0 Å². The second-order valence-corrected chi connectivity index (χ2v) is 14.7. The molecule has 1 unspecified atom stereocenters. The number of hydrogen-bond acceptors (Lipinski definition) is 5. The molecule has 6 nitrogen and oxygen atoms in total. The molecule has 0 aliphatic carbocycles.